The van der Waals surface area contributed by atoms with Gasteiger partial charge in [-0.05, 0) is 23.8 Å². The number of morpholine rings is 1. The number of ether oxygens (including phenoxy) is 2. The van der Waals surface area contributed by atoms with E-state index in [-0.39, 0.29) is 6.10 Å². The summed E-state index contributed by atoms with van der Waals surface area (Å²) in [5.74, 6) is 0.783. The van der Waals surface area contributed by atoms with Gasteiger partial charge in [-0.3, -0.25) is 0 Å². The topological polar surface area (TPSA) is 81.9 Å². The molecule has 1 fully saturated rings. The van der Waals surface area contributed by atoms with Gasteiger partial charge in [-0.25, -0.2) is 8.42 Å². The lowest BCUT2D eigenvalue weighted by Crippen LogP contribution is -2.48. The Kier molecular flexibility index (Phi) is 3.68. The van der Waals surface area contributed by atoms with Crippen molar-refractivity contribution in [3.8, 4) is 5.75 Å². The largest absolute Gasteiger partial charge is 0.493 e. The summed E-state index contributed by atoms with van der Waals surface area (Å²) < 4.78 is 37.5. The number of nitrogens with two attached hydrogens (primary N) is 1. The standard InChI is InChI=1S/C13H18N2O4S/c14-8-11-9-15(4-6-18-11)20(16,17)12-1-2-13-10(7-12)3-5-19-13/h1-2,7,11H,3-6,8-9,14H2. The van der Waals surface area contributed by atoms with Gasteiger partial charge in [0.05, 0.1) is 24.2 Å². The van der Waals surface area contributed by atoms with Crippen LogP contribution in [0, 0.1) is 0 Å². The van der Waals surface area contributed by atoms with E-state index >= 15 is 0 Å². The second-order valence-electron chi connectivity index (χ2n) is 4.96. The quantitative estimate of drug-likeness (QED) is 0.847. The van der Waals surface area contributed by atoms with Crippen LogP contribution in [0.1, 0.15) is 5.56 Å². The zero-order chi connectivity index (χ0) is 14.2. The van der Waals surface area contributed by atoms with Gasteiger partial charge in [-0.1, -0.05) is 0 Å². The predicted molar refractivity (Wildman–Crippen MR) is 73.2 cm³/mol. The molecule has 1 unspecified atom stereocenters. The second-order valence-corrected chi connectivity index (χ2v) is 6.90. The van der Waals surface area contributed by atoms with Gasteiger partial charge < -0.3 is 15.2 Å². The fourth-order valence-corrected chi connectivity index (χ4v) is 4.03. The Balaban J connectivity index is 1.87. The maximum Gasteiger partial charge on any atom is 0.243 e. The van der Waals surface area contributed by atoms with Crippen LogP contribution in [-0.4, -0.2) is 51.7 Å². The van der Waals surface area contributed by atoms with Gasteiger partial charge in [0.2, 0.25) is 10.0 Å². The highest BCUT2D eigenvalue weighted by molar-refractivity contribution is 7.89. The van der Waals surface area contributed by atoms with E-state index in [2.05, 4.69) is 0 Å². The zero-order valence-corrected chi connectivity index (χ0v) is 11.9. The highest BCUT2D eigenvalue weighted by Gasteiger charge is 2.31. The van der Waals surface area contributed by atoms with E-state index < -0.39 is 10.0 Å². The summed E-state index contributed by atoms with van der Waals surface area (Å²) in [4.78, 5) is 0.319. The number of nitrogens with zero attached hydrogens (tertiary/aromatic N) is 1. The SMILES string of the molecule is NCC1CN(S(=O)(=O)c2ccc3c(c2)CCO3)CCO1. The molecule has 1 aromatic carbocycles. The molecule has 0 bridgehead atoms. The molecule has 0 amide bonds. The van der Waals surface area contributed by atoms with Crippen molar-refractivity contribution in [3.63, 3.8) is 0 Å². The Labute approximate surface area is 118 Å². The van der Waals surface area contributed by atoms with Crippen LogP contribution in [0.25, 0.3) is 0 Å². The molecule has 6 nitrogen and oxygen atoms in total. The van der Waals surface area contributed by atoms with E-state index in [0.717, 1.165) is 17.7 Å². The van der Waals surface area contributed by atoms with Crippen LogP contribution in [-0.2, 0) is 21.2 Å². The third kappa shape index (κ3) is 2.42. The average molecular weight is 298 g/mol. The van der Waals surface area contributed by atoms with Crippen molar-refractivity contribution < 1.29 is 17.9 Å². The second kappa shape index (κ2) is 5.33. The van der Waals surface area contributed by atoms with Gasteiger partial charge in [0.15, 0.2) is 0 Å². The van der Waals surface area contributed by atoms with Crippen LogP contribution in [0.15, 0.2) is 23.1 Å². The highest BCUT2D eigenvalue weighted by Crippen LogP contribution is 2.29. The number of rotatable bonds is 3. The summed E-state index contributed by atoms with van der Waals surface area (Å²) in [5, 5.41) is 0. The molecule has 2 heterocycles. The summed E-state index contributed by atoms with van der Waals surface area (Å²) in [6, 6.07) is 5.05. The van der Waals surface area contributed by atoms with Gasteiger partial charge in [-0.2, -0.15) is 4.31 Å². The number of sulfonamides is 1. The molecule has 7 heteroatoms. The lowest BCUT2D eigenvalue weighted by Gasteiger charge is -2.31. The molecule has 0 spiro atoms. The van der Waals surface area contributed by atoms with Crippen molar-refractivity contribution in [2.75, 3.05) is 32.8 Å². The van der Waals surface area contributed by atoms with E-state index in [9.17, 15) is 8.42 Å². The van der Waals surface area contributed by atoms with E-state index in [1.54, 1.807) is 18.2 Å². The molecule has 0 aromatic heterocycles. The third-order valence-electron chi connectivity index (χ3n) is 3.66. The van der Waals surface area contributed by atoms with Crippen molar-refractivity contribution in [1.29, 1.82) is 0 Å². The monoisotopic (exact) mass is 298 g/mol. The van der Waals surface area contributed by atoms with Crippen LogP contribution < -0.4 is 10.5 Å². The Morgan fingerprint density at radius 3 is 3.00 bits per heavy atom. The lowest BCUT2D eigenvalue weighted by molar-refractivity contribution is 0.00450. The molecule has 3 rings (SSSR count). The zero-order valence-electron chi connectivity index (χ0n) is 11.1. The number of hydrogen-bond acceptors (Lipinski definition) is 5. The molecule has 2 aliphatic heterocycles. The Morgan fingerprint density at radius 2 is 2.20 bits per heavy atom. The molecule has 1 saturated heterocycles. The van der Waals surface area contributed by atoms with E-state index in [4.69, 9.17) is 15.2 Å². The van der Waals surface area contributed by atoms with Crippen molar-refractivity contribution >= 4 is 10.0 Å². The number of hydrogen-bond donors (Lipinski definition) is 1. The maximum atomic E-state index is 12.6. The molecular formula is C13H18N2O4S. The van der Waals surface area contributed by atoms with Gasteiger partial charge in [0.25, 0.3) is 0 Å². The lowest BCUT2D eigenvalue weighted by atomic mass is 10.2. The molecule has 1 atom stereocenters. The summed E-state index contributed by atoms with van der Waals surface area (Å²) in [7, 11) is -3.48. The summed E-state index contributed by atoms with van der Waals surface area (Å²) in [6.45, 7) is 2.00. The minimum Gasteiger partial charge on any atom is -0.493 e. The first-order valence-corrected chi connectivity index (χ1v) is 8.13. The predicted octanol–water partition coefficient (Wildman–Crippen LogP) is -0.0303. The highest BCUT2D eigenvalue weighted by atomic mass is 32.2. The fraction of sp³-hybridized carbons (Fsp3) is 0.538. The summed E-state index contributed by atoms with van der Waals surface area (Å²) in [6.07, 6.45) is 0.532. The van der Waals surface area contributed by atoms with Crippen molar-refractivity contribution in [2.45, 2.75) is 17.4 Å². The number of benzene rings is 1. The Bertz CT molecular complexity index is 602. The first-order chi connectivity index (χ1) is 9.61. The molecule has 0 aliphatic carbocycles. The molecule has 0 saturated carbocycles. The maximum absolute atomic E-state index is 12.6. The molecular weight excluding hydrogens is 280 g/mol. The van der Waals surface area contributed by atoms with Crippen LogP contribution in [0.4, 0.5) is 0 Å². The normalized spacial score (nSPS) is 23.4. The smallest absolute Gasteiger partial charge is 0.243 e. The minimum atomic E-state index is -3.48. The Hall–Kier alpha value is -1.15. The minimum absolute atomic E-state index is 0.226. The van der Waals surface area contributed by atoms with Crippen molar-refractivity contribution in [1.82, 2.24) is 4.31 Å². The molecule has 2 aliphatic rings. The van der Waals surface area contributed by atoms with Crippen LogP contribution in [0.5, 0.6) is 5.75 Å². The van der Waals surface area contributed by atoms with Gasteiger partial charge in [-0.15, -0.1) is 0 Å². The third-order valence-corrected chi connectivity index (χ3v) is 5.52. The van der Waals surface area contributed by atoms with E-state index in [0.29, 0.717) is 37.7 Å². The van der Waals surface area contributed by atoms with Gasteiger partial charge in [0.1, 0.15) is 5.75 Å². The van der Waals surface area contributed by atoms with Crippen LogP contribution in [0.3, 0.4) is 0 Å². The Morgan fingerprint density at radius 1 is 1.35 bits per heavy atom. The molecule has 0 radical (unpaired) electrons. The first kappa shape index (κ1) is 13.8. The van der Waals surface area contributed by atoms with Crippen molar-refractivity contribution in [2.24, 2.45) is 5.73 Å². The van der Waals surface area contributed by atoms with Crippen LogP contribution in [0.2, 0.25) is 0 Å². The van der Waals surface area contributed by atoms with Crippen LogP contribution >= 0.6 is 0 Å². The molecule has 20 heavy (non-hydrogen) atoms. The summed E-state index contributed by atoms with van der Waals surface area (Å²) >= 11 is 0. The first-order valence-electron chi connectivity index (χ1n) is 6.69. The van der Waals surface area contributed by atoms with E-state index in [1.807, 2.05) is 0 Å². The fourth-order valence-electron chi connectivity index (χ4n) is 2.53. The molecule has 1 aromatic rings. The van der Waals surface area contributed by atoms with Gasteiger partial charge >= 0.3 is 0 Å². The van der Waals surface area contributed by atoms with Crippen molar-refractivity contribution in [3.05, 3.63) is 23.8 Å². The number of fused-ring (bicyclic) bond motifs is 1. The van der Waals surface area contributed by atoms with Gasteiger partial charge in [0, 0.05) is 26.1 Å². The molecule has 110 valence electrons. The average Bonchev–Trinajstić information content (AvgIpc) is 2.94. The van der Waals surface area contributed by atoms with E-state index in [1.165, 1.54) is 4.31 Å². The summed E-state index contributed by atoms with van der Waals surface area (Å²) in [5.41, 5.74) is 6.51. The molecule has 2 N–H and O–H groups in total.